The summed E-state index contributed by atoms with van der Waals surface area (Å²) in [7, 11) is -3.40. The number of hydrogen-bond donors (Lipinski definition) is 0. The van der Waals surface area contributed by atoms with Crippen molar-refractivity contribution in [1.82, 2.24) is 4.31 Å². The van der Waals surface area contributed by atoms with Crippen LogP contribution in [0.2, 0.25) is 0 Å². The lowest BCUT2D eigenvalue weighted by Crippen LogP contribution is -2.34. The minimum Gasteiger partial charge on any atom is -0.211 e. The summed E-state index contributed by atoms with van der Waals surface area (Å²) in [5.74, 6) is -0.390. The molecule has 0 unspecified atom stereocenters. The van der Waals surface area contributed by atoms with Crippen molar-refractivity contribution < 1.29 is 8.42 Å². The Kier molecular flexibility index (Phi) is 14.6. The van der Waals surface area contributed by atoms with Gasteiger partial charge in [-0.1, -0.05) is 78.1 Å². The van der Waals surface area contributed by atoms with Crippen molar-refractivity contribution in [3.63, 3.8) is 0 Å². The van der Waals surface area contributed by atoms with Gasteiger partial charge in [0.25, 0.3) is 0 Å². The van der Waals surface area contributed by atoms with Crippen molar-refractivity contribution in [3.8, 4) is 6.07 Å². The molecule has 0 spiro atoms. The lowest BCUT2D eigenvalue weighted by molar-refractivity contribution is 0.385. The van der Waals surface area contributed by atoms with Crippen molar-refractivity contribution in [3.05, 3.63) is 0 Å². The molecule has 0 fully saturated rings. The van der Waals surface area contributed by atoms with E-state index in [0.717, 1.165) is 25.7 Å². The second-order valence-electron chi connectivity index (χ2n) is 6.35. The largest absolute Gasteiger partial charge is 0.227 e. The fourth-order valence-corrected chi connectivity index (χ4v) is 3.86. The summed E-state index contributed by atoms with van der Waals surface area (Å²) < 4.78 is 25.9. The quantitative estimate of drug-likeness (QED) is 0.376. The van der Waals surface area contributed by atoms with Gasteiger partial charge in [-0.05, 0) is 12.8 Å². The molecule has 0 radical (unpaired) electrons. The van der Waals surface area contributed by atoms with Crippen LogP contribution in [0.5, 0.6) is 0 Å². The summed E-state index contributed by atoms with van der Waals surface area (Å²) in [6, 6.07) is 1.80. The zero-order valence-corrected chi connectivity index (χ0v) is 16.0. The lowest BCUT2D eigenvalue weighted by atomic mass is 10.1. The molecule has 0 saturated carbocycles. The highest BCUT2D eigenvalue weighted by Gasteiger charge is 2.20. The molecule has 0 heterocycles. The van der Waals surface area contributed by atoms with Gasteiger partial charge in [-0.3, -0.25) is 0 Å². The Bertz CT molecular complexity index is 386. The Balaban J connectivity index is 4.13. The van der Waals surface area contributed by atoms with Gasteiger partial charge in [0.2, 0.25) is 10.0 Å². The third-order valence-corrected chi connectivity index (χ3v) is 5.81. The Hall–Kier alpha value is -0.600. The van der Waals surface area contributed by atoms with Crippen LogP contribution in [-0.4, -0.2) is 31.6 Å². The maximum Gasteiger partial charge on any atom is 0.227 e. The fraction of sp³-hybridized carbons (Fsp3) is 0.944. The van der Waals surface area contributed by atoms with E-state index in [4.69, 9.17) is 5.26 Å². The molecule has 4 nitrogen and oxygen atoms in total. The first kappa shape index (κ1) is 22.4. The first-order valence-corrected chi connectivity index (χ1v) is 11.0. The van der Waals surface area contributed by atoms with Gasteiger partial charge in [0.05, 0.1) is 6.07 Å². The summed E-state index contributed by atoms with van der Waals surface area (Å²) in [6.07, 6.45) is 13.8. The van der Waals surface area contributed by atoms with Crippen LogP contribution in [0.4, 0.5) is 0 Å². The molecular weight excluding hydrogens is 308 g/mol. The molecule has 23 heavy (non-hydrogen) atoms. The number of nitriles is 1. The molecule has 0 saturated heterocycles. The highest BCUT2D eigenvalue weighted by molar-refractivity contribution is 7.89. The molecule has 5 heteroatoms. The summed E-state index contributed by atoms with van der Waals surface area (Å²) in [5.41, 5.74) is 0. The number of unbranched alkanes of at least 4 members (excludes halogenated alkanes) is 10. The number of nitrogens with zero attached hydrogens (tertiary/aromatic N) is 2. The molecule has 0 bridgehead atoms. The van der Waals surface area contributed by atoms with E-state index in [0.29, 0.717) is 13.1 Å². The van der Waals surface area contributed by atoms with Crippen LogP contribution in [0.1, 0.15) is 90.9 Å². The van der Waals surface area contributed by atoms with Crippen LogP contribution in [0.15, 0.2) is 0 Å². The van der Waals surface area contributed by atoms with E-state index < -0.39 is 15.8 Å². The Labute approximate surface area is 144 Å². The molecule has 0 aliphatic carbocycles. The van der Waals surface area contributed by atoms with Gasteiger partial charge in [0.15, 0.2) is 5.75 Å². The normalized spacial score (nSPS) is 11.7. The van der Waals surface area contributed by atoms with E-state index in [1.807, 2.05) is 0 Å². The standard InChI is InChI=1S/C18H36N2O2S/c1-3-5-7-9-11-13-16-20(23(21,22)18-15-19)17-14-12-10-8-6-4-2/h3-14,16-18H2,1-2H3. The van der Waals surface area contributed by atoms with Gasteiger partial charge < -0.3 is 0 Å². The van der Waals surface area contributed by atoms with E-state index >= 15 is 0 Å². The third kappa shape index (κ3) is 12.5. The topological polar surface area (TPSA) is 61.2 Å². The van der Waals surface area contributed by atoms with Crippen LogP contribution >= 0.6 is 0 Å². The maximum atomic E-state index is 12.2. The smallest absolute Gasteiger partial charge is 0.211 e. The van der Waals surface area contributed by atoms with Crippen molar-refractivity contribution in [2.24, 2.45) is 0 Å². The van der Waals surface area contributed by atoms with Gasteiger partial charge in [-0.25, -0.2) is 12.7 Å². The first-order chi connectivity index (χ1) is 11.1. The summed E-state index contributed by atoms with van der Waals surface area (Å²) in [6.45, 7) is 5.53. The number of hydrogen-bond acceptors (Lipinski definition) is 3. The van der Waals surface area contributed by atoms with E-state index in [1.165, 1.54) is 51.4 Å². The molecule has 0 rings (SSSR count). The molecule has 0 aromatic heterocycles. The Morgan fingerprint density at radius 2 is 1.13 bits per heavy atom. The summed E-state index contributed by atoms with van der Waals surface area (Å²) in [4.78, 5) is 0. The lowest BCUT2D eigenvalue weighted by Gasteiger charge is -2.20. The predicted molar refractivity (Wildman–Crippen MR) is 97.7 cm³/mol. The highest BCUT2D eigenvalue weighted by atomic mass is 32.2. The fourth-order valence-electron chi connectivity index (χ4n) is 2.70. The van der Waals surface area contributed by atoms with Crippen LogP contribution < -0.4 is 0 Å². The maximum absolute atomic E-state index is 12.2. The molecule has 0 amide bonds. The first-order valence-electron chi connectivity index (χ1n) is 9.43. The van der Waals surface area contributed by atoms with E-state index in [-0.39, 0.29) is 0 Å². The number of sulfonamides is 1. The second-order valence-corrected chi connectivity index (χ2v) is 8.32. The van der Waals surface area contributed by atoms with Crippen LogP contribution in [0.25, 0.3) is 0 Å². The molecule has 0 atom stereocenters. The average Bonchev–Trinajstić information content (AvgIpc) is 2.51. The predicted octanol–water partition coefficient (Wildman–Crippen LogP) is 4.86. The van der Waals surface area contributed by atoms with Crippen molar-refractivity contribution in [1.29, 1.82) is 5.26 Å². The Morgan fingerprint density at radius 3 is 1.52 bits per heavy atom. The van der Waals surface area contributed by atoms with E-state index in [9.17, 15) is 8.42 Å². The Morgan fingerprint density at radius 1 is 0.739 bits per heavy atom. The zero-order valence-electron chi connectivity index (χ0n) is 15.2. The molecule has 0 aliphatic heterocycles. The molecule has 0 aliphatic rings. The van der Waals surface area contributed by atoms with Crippen molar-refractivity contribution in [2.75, 3.05) is 18.8 Å². The van der Waals surface area contributed by atoms with Gasteiger partial charge >= 0.3 is 0 Å². The van der Waals surface area contributed by atoms with E-state index in [1.54, 1.807) is 10.4 Å². The SMILES string of the molecule is CCCCCCCCN(CCCCCCCC)S(=O)(=O)CC#N. The van der Waals surface area contributed by atoms with Crippen LogP contribution in [0, 0.1) is 11.3 Å². The van der Waals surface area contributed by atoms with Crippen LogP contribution in [-0.2, 0) is 10.0 Å². The molecule has 0 aromatic rings. The van der Waals surface area contributed by atoms with Gasteiger partial charge in [-0.15, -0.1) is 0 Å². The second kappa shape index (κ2) is 15.0. The summed E-state index contributed by atoms with van der Waals surface area (Å²) in [5, 5.41) is 8.73. The molecule has 0 aromatic carbocycles. The highest BCUT2D eigenvalue weighted by Crippen LogP contribution is 2.12. The van der Waals surface area contributed by atoms with Crippen LogP contribution in [0.3, 0.4) is 0 Å². The minimum absolute atomic E-state index is 0.390. The number of rotatable bonds is 16. The monoisotopic (exact) mass is 344 g/mol. The average molecular weight is 345 g/mol. The minimum atomic E-state index is -3.40. The van der Waals surface area contributed by atoms with Gasteiger partial charge in [0, 0.05) is 13.1 Å². The molecule has 136 valence electrons. The van der Waals surface area contributed by atoms with Crippen molar-refractivity contribution in [2.45, 2.75) is 90.9 Å². The van der Waals surface area contributed by atoms with E-state index in [2.05, 4.69) is 13.8 Å². The third-order valence-electron chi connectivity index (χ3n) is 4.16. The summed E-state index contributed by atoms with van der Waals surface area (Å²) >= 11 is 0. The molecule has 0 N–H and O–H groups in total. The van der Waals surface area contributed by atoms with Gasteiger partial charge in [-0.2, -0.15) is 5.26 Å². The van der Waals surface area contributed by atoms with Crippen molar-refractivity contribution >= 4 is 10.0 Å². The molecular formula is C18H36N2O2S. The van der Waals surface area contributed by atoms with Gasteiger partial charge in [0.1, 0.15) is 0 Å². The zero-order chi connectivity index (χ0) is 17.4.